The number of hydrogen-bond acceptors (Lipinski definition) is 3. The van der Waals surface area contributed by atoms with Crippen LogP contribution in [0.25, 0.3) is 33.1 Å². The molecule has 2 aromatic carbocycles. The predicted molar refractivity (Wildman–Crippen MR) is 82.7 cm³/mol. The minimum Gasteiger partial charge on any atom is -0.505 e. The van der Waals surface area contributed by atoms with Crippen LogP contribution in [0, 0.1) is 4.91 Å². The molecule has 2 aromatic heterocycles. The van der Waals surface area contributed by atoms with Crippen molar-refractivity contribution >= 4 is 27.6 Å². The monoisotopic (exact) mass is 277 g/mol. The Hall–Kier alpha value is -3.08. The zero-order chi connectivity index (χ0) is 14.4. The van der Waals surface area contributed by atoms with Gasteiger partial charge in [-0.1, -0.05) is 30.3 Å². The van der Waals surface area contributed by atoms with Gasteiger partial charge in [0.05, 0.1) is 11.3 Å². The van der Waals surface area contributed by atoms with Crippen molar-refractivity contribution in [1.29, 1.82) is 0 Å². The Morgan fingerprint density at radius 2 is 1.48 bits per heavy atom. The molecule has 0 amide bonds. The molecule has 0 aliphatic rings. The van der Waals surface area contributed by atoms with Gasteiger partial charge in [-0.2, -0.15) is 0 Å². The van der Waals surface area contributed by atoms with Gasteiger partial charge in [0.25, 0.3) is 0 Å². The normalized spacial score (nSPS) is 11.2. The lowest BCUT2D eigenvalue weighted by Gasteiger charge is -1.98. The van der Waals surface area contributed by atoms with Crippen LogP contribution in [0.2, 0.25) is 0 Å². The van der Waals surface area contributed by atoms with Gasteiger partial charge in [-0.05, 0) is 23.4 Å². The third-order valence-electron chi connectivity index (χ3n) is 3.71. The van der Waals surface area contributed by atoms with Gasteiger partial charge in [0.15, 0.2) is 5.82 Å². The molecule has 0 fully saturated rings. The largest absolute Gasteiger partial charge is 0.505 e. The molecule has 0 radical (unpaired) electrons. The summed E-state index contributed by atoms with van der Waals surface area (Å²) in [7, 11) is 0. The van der Waals surface area contributed by atoms with Crippen LogP contribution in [0.5, 0.6) is 5.75 Å². The molecule has 4 rings (SSSR count). The first-order valence-corrected chi connectivity index (χ1v) is 6.53. The maximum Gasteiger partial charge on any atom is 0.185 e. The molecule has 4 aromatic rings. The Bertz CT molecular complexity index is 982. The van der Waals surface area contributed by atoms with Crippen LogP contribution in [0.3, 0.4) is 0 Å². The first kappa shape index (κ1) is 11.7. The van der Waals surface area contributed by atoms with Crippen molar-refractivity contribution in [1.82, 2.24) is 9.97 Å². The van der Waals surface area contributed by atoms with Gasteiger partial charge in [0.1, 0.15) is 5.75 Å². The molecule has 102 valence electrons. The molecule has 0 atom stereocenters. The van der Waals surface area contributed by atoms with E-state index in [1.54, 1.807) is 0 Å². The number of H-pyrrole nitrogens is 2. The van der Waals surface area contributed by atoms with Crippen molar-refractivity contribution in [3.8, 4) is 17.0 Å². The number of rotatable bonds is 2. The first-order valence-electron chi connectivity index (χ1n) is 6.53. The van der Waals surface area contributed by atoms with Crippen molar-refractivity contribution < 1.29 is 5.11 Å². The topological polar surface area (TPSA) is 81.2 Å². The van der Waals surface area contributed by atoms with E-state index in [-0.39, 0.29) is 11.6 Å². The quantitative estimate of drug-likeness (QED) is 0.474. The van der Waals surface area contributed by atoms with E-state index in [0.717, 1.165) is 21.8 Å². The predicted octanol–water partition coefficient (Wildman–Crippen LogP) is 4.42. The van der Waals surface area contributed by atoms with Gasteiger partial charge in [-0.3, -0.25) is 0 Å². The molecule has 3 N–H and O–H groups in total. The standard InChI is InChI=1S/C16H11N3O2/c20-15-10-6-2-4-8-12(10)17-14(15)13-9-5-1-3-7-11(9)18-16(13)19-21/h1-8,17-18,20H. The SMILES string of the molecule is O=Nc1[nH]c2ccccc2c1-c1[nH]c2ccccc2c1O. The second-order valence-corrected chi connectivity index (χ2v) is 4.88. The summed E-state index contributed by atoms with van der Waals surface area (Å²) in [6, 6.07) is 15.0. The van der Waals surface area contributed by atoms with Crippen LogP contribution in [0.4, 0.5) is 5.82 Å². The highest BCUT2D eigenvalue weighted by molar-refractivity contribution is 6.06. The Labute approximate surface area is 119 Å². The molecule has 0 aliphatic heterocycles. The number of nitroso groups, excluding NO2 is 1. The highest BCUT2D eigenvalue weighted by atomic mass is 16.3. The van der Waals surface area contributed by atoms with Crippen LogP contribution in [0.1, 0.15) is 0 Å². The van der Waals surface area contributed by atoms with Crippen molar-refractivity contribution in [2.75, 3.05) is 0 Å². The van der Waals surface area contributed by atoms with Crippen LogP contribution < -0.4 is 0 Å². The summed E-state index contributed by atoms with van der Waals surface area (Å²) in [5.74, 6) is 0.332. The highest BCUT2D eigenvalue weighted by Crippen LogP contribution is 2.43. The lowest BCUT2D eigenvalue weighted by Crippen LogP contribution is -1.77. The number of benzene rings is 2. The number of aromatic amines is 2. The Balaban J connectivity index is 2.13. The Kier molecular flexibility index (Phi) is 2.35. The number of nitrogens with one attached hydrogen (secondary N) is 2. The Morgan fingerprint density at radius 1 is 0.857 bits per heavy atom. The van der Waals surface area contributed by atoms with Crippen molar-refractivity contribution in [3.05, 3.63) is 53.4 Å². The summed E-state index contributed by atoms with van der Waals surface area (Å²) in [5.41, 5.74) is 2.71. The van der Waals surface area contributed by atoms with E-state index in [2.05, 4.69) is 15.1 Å². The maximum absolute atomic E-state index is 11.1. The number of para-hydroxylation sites is 2. The average molecular weight is 277 g/mol. The van der Waals surface area contributed by atoms with Crippen LogP contribution in [-0.2, 0) is 0 Å². The number of nitrogens with zero attached hydrogens (tertiary/aromatic N) is 1. The summed E-state index contributed by atoms with van der Waals surface area (Å²) in [5, 5.41) is 15.1. The van der Waals surface area contributed by atoms with Crippen molar-refractivity contribution in [3.63, 3.8) is 0 Å². The molecule has 0 aliphatic carbocycles. The van der Waals surface area contributed by atoms with E-state index in [1.165, 1.54) is 0 Å². The molecular weight excluding hydrogens is 266 g/mol. The van der Waals surface area contributed by atoms with E-state index in [9.17, 15) is 10.0 Å². The Morgan fingerprint density at radius 3 is 2.14 bits per heavy atom. The second-order valence-electron chi connectivity index (χ2n) is 4.88. The zero-order valence-electron chi connectivity index (χ0n) is 10.9. The number of aromatic hydroxyl groups is 1. The van der Waals surface area contributed by atoms with Crippen LogP contribution >= 0.6 is 0 Å². The number of fused-ring (bicyclic) bond motifs is 2. The lowest BCUT2D eigenvalue weighted by atomic mass is 10.1. The van der Waals surface area contributed by atoms with Gasteiger partial charge in [-0.25, -0.2) is 0 Å². The molecule has 0 saturated heterocycles. The molecule has 0 saturated carbocycles. The second kappa shape index (κ2) is 4.21. The van der Waals surface area contributed by atoms with E-state index in [0.29, 0.717) is 11.3 Å². The van der Waals surface area contributed by atoms with E-state index in [4.69, 9.17) is 0 Å². The van der Waals surface area contributed by atoms with E-state index >= 15 is 0 Å². The van der Waals surface area contributed by atoms with Gasteiger partial charge in [0, 0.05) is 21.8 Å². The molecule has 5 heteroatoms. The third kappa shape index (κ3) is 1.57. The smallest absolute Gasteiger partial charge is 0.185 e. The van der Waals surface area contributed by atoms with Crippen molar-refractivity contribution in [2.45, 2.75) is 0 Å². The molecule has 2 heterocycles. The molecule has 0 unspecified atom stereocenters. The summed E-state index contributed by atoms with van der Waals surface area (Å²) in [6.07, 6.45) is 0. The summed E-state index contributed by atoms with van der Waals surface area (Å²) in [4.78, 5) is 17.3. The third-order valence-corrected chi connectivity index (χ3v) is 3.71. The molecule has 0 bridgehead atoms. The van der Waals surface area contributed by atoms with Gasteiger partial charge < -0.3 is 15.1 Å². The lowest BCUT2D eigenvalue weighted by molar-refractivity contribution is 0.483. The molecule has 5 nitrogen and oxygen atoms in total. The number of hydrogen-bond donors (Lipinski definition) is 3. The minimum atomic E-state index is 0.125. The molecule has 21 heavy (non-hydrogen) atoms. The van der Waals surface area contributed by atoms with Gasteiger partial charge in [0.2, 0.25) is 0 Å². The molecular formula is C16H11N3O2. The zero-order valence-corrected chi connectivity index (χ0v) is 10.9. The summed E-state index contributed by atoms with van der Waals surface area (Å²) in [6.45, 7) is 0. The van der Waals surface area contributed by atoms with E-state index < -0.39 is 0 Å². The fourth-order valence-electron chi connectivity index (χ4n) is 2.76. The first-order chi connectivity index (χ1) is 10.3. The number of aromatic nitrogens is 2. The highest BCUT2D eigenvalue weighted by Gasteiger charge is 2.20. The molecule has 0 spiro atoms. The van der Waals surface area contributed by atoms with Crippen molar-refractivity contribution in [2.24, 2.45) is 5.18 Å². The van der Waals surface area contributed by atoms with Crippen LogP contribution in [-0.4, -0.2) is 15.1 Å². The maximum atomic E-state index is 11.1. The average Bonchev–Trinajstić information content (AvgIpc) is 3.05. The summed E-state index contributed by atoms with van der Waals surface area (Å²) < 4.78 is 0. The fraction of sp³-hybridized carbons (Fsp3) is 0. The fourth-order valence-corrected chi connectivity index (χ4v) is 2.76. The van der Waals surface area contributed by atoms with Gasteiger partial charge in [-0.15, -0.1) is 4.91 Å². The minimum absolute atomic E-state index is 0.125. The van der Waals surface area contributed by atoms with E-state index in [1.807, 2.05) is 48.5 Å². The van der Waals surface area contributed by atoms with Crippen LogP contribution in [0.15, 0.2) is 53.7 Å². The summed E-state index contributed by atoms with van der Waals surface area (Å²) >= 11 is 0. The van der Waals surface area contributed by atoms with Gasteiger partial charge >= 0.3 is 0 Å².